The third kappa shape index (κ3) is 5.30. The van der Waals surface area contributed by atoms with E-state index in [1.54, 1.807) is 43.3 Å². The fraction of sp³-hybridized carbons (Fsp3) is 0.0741. The van der Waals surface area contributed by atoms with E-state index in [4.69, 9.17) is 0 Å². The zero-order valence-electron chi connectivity index (χ0n) is 18.1. The van der Waals surface area contributed by atoms with Gasteiger partial charge in [0.25, 0.3) is 15.9 Å². The second kappa shape index (κ2) is 9.71. The molecule has 1 amide bonds. The Morgan fingerprint density at radius 1 is 0.727 bits per heavy atom. The van der Waals surface area contributed by atoms with Crippen LogP contribution in [0.25, 0.3) is 0 Å². The quantitative estimate of drug-likeness (QED) is 0.395. The predicted molar refractivity (Wildman–Crippen MR) is 131 cm³/mol. The van der Waals surface area contributed by atoms with Gasteiger partial charge in [0, 0.05) is 5.56 Å². The summed E-state index contributed by atoms with van der Waals surface area (Å²) in [6.45, 7) is 1.77. The van der Waals surface area contributed by atoms with Crippen LogP contribution >= 0.6 is 0 Å². The summed E-state index contributed by atoms with van der Waals surface area (Å²) < 4.78 is 27.9. The van der Waals surface area contributed by atoms with Crippen LogP contribution in [0, 0.1) is 6.92 Å². The molecule has 0 aromatic heterocycles. The van der Waals surface area contributed by atoms with Crippen LogP contribution in [-0.4, -0.2) is 14.3 Å². The standard InChI is InChI=1S/C27H24N2O3S/c1-20-19-23(17-18-25(20)29-33(31,32)24-15-9-4-10-16-24)27(30)28-26(21-11-5-2-6-12-21)22-13-7-3-8-14-22/h2-19,26,29H,1H3,(H,28,30). The van der Waals surface area contributed by atoms with Crippen molar-refractivity contribution in [3.05, 3.63) is 131 Å². The molecule has 0 bridgehead atoms. The van der Waals surface area contributed by atoms with Crippen molar-refractivity contribution in [2.24, 2.45) is 0 Å². The second-order valence-electron chi connectivity index (χ2n) is 7.68. The summed E-state index contributed by atoms with van der Waals surface area (Å²) in [4.78, 5) is 13.3. The third-order valence-corrected chi connectivity index (χ3v) is 6.71. The minimum Gasteiger partial charge on any atom is -0.341 e. The first-order chi connectivity index (χ1) is 15.9. The molecule has 0 unspecified atom stereocenters. The molecule has 0 atom stereocenters. The van der Waals surface area contributed by atoms with Gasteiger partial charge < -0.3 is 5.32 Å². The van der Waals surface area contributed by atoms with E-state index >= 15 is 0 Å². The van der Waals surface area contributed by atoms with Gasteiger partial charge in [-0.3, -0.25) is 9.52 Å². The first-order valence-electron chi connectivity index (χ1n) is 10.5. The van der Waals surface area contributed by atoms with E-state index in [1.807, 2.05) is 60.7 Å². The van der Waals surface area contributed by atoms with Gasteiger partial charge in [0.15, 0.2) is 0 Å². The summed E-state index contributed by atoms with van der Waals surface area (Å²) >= 11 is 0. The summed E-state index contributed by atoms with van der Waals surface area (Å²) in [6.07, 6.45) is 0. The van der Waals surface area contributed by atoms with Crippen molar-refractivity contribution >= 4 is 21.6 Å². The summed E-state index contributed by atoms with van der Waals surface area (Å²) in [7, 11) is -3.71. The van der Waals surface area contributed by atoms with Crippen molar-refractivity contribution in [3.63, 3.8) is 0 Å². The lowest BCUT2D eigenvalue weighted by Gasteiger charge is -2.20. The molecule has 5 nitrogen and oxygen atoms in total. The smallest absolute Gasteiger partial charge is 0.261 e. The van der Waals surface area contributed by atoms with Crippen molar-refractivity contribution in [2.75, 3.05) is 4.72 Å². The van der Waals surface area contributed by atoms with Gasteiger partial charge in [-0.2, -0.15) is 0 Å². The van der Waals surface area contributed by atoms with Gasteiger partial charge in [-0.1, -0.05) is 78.9 Å². The molecule has 0 fully saturated rings. The second-order valence-corrected chi connectivity index (χ2v) is 9.36. The van der Waals surface area contributed by atoms with Crippen LogP contribution in [-0.2, 0) is 10.0 Å². The van der Waals surface area contributed by atoms with E-state index in [0.717, 1.165) is 11.1 Å². The molecule has 0 aliphatic carbocycles. The molecule has 6 heteroatoms. The molecule has 4 rings (SSSR count). The highest BCUT2D eigenvalue weighted by Gasteiger charge is 2.19. The van der Waals surface area contributed by atoms with Crippen molar-refractivity contribution < 1.29 is 13.2 Å². The lowest BCUT2D eigenvalue weighted by Crippen LogP contribution is -2.29. The molecule has 0 radical (unpaired) electrons. The van der Waals surface area contributed by atoms with Gasteiger partial charge in [0.2, 0.25) is 0 Å². The number of carbonyl (C=O) groups is 1. The molecule has 0 aliphatic rings. The van der Waals surface area contributed by atoms with Crippen molar-refractivity contribution in [1.29, 1.82) is 0 Å². The molecular weight excluding hydrogens is 432 g/mol. The van der Waals surface area contributed by atoms with E-state index in [1.165, 1.54) is 12.1 Å². The highest BCUT2D eigenvalue weighted by molar-refractivity contribution is 7.92. The highest BCUT2D eigenvalue weighted by Crippen LogP contribution is 2.24. The van der Waals surface area contributed by atoms with E-state index in [-0.39, 0.29) is 16.8 Å². The molecule has 33 heavy (non-hydrogen) atoms. The van der Waals surface area contributed by atoms with Crippen LogP contribution in [0.5, 0.6) is 0 Å². The Labute approximate surface area is 194 Å². The number of aryl methyl sites for hydroxylation is 1. The van der Waals surface area contributed by atoms with E-state index in [0.29, 0.717) is 16.8 Å². The maximum atomic E-state index is 13.1. The first-order valence-corrected chi connectivity index (χ1v) is 12.0. The molecule has 0 heterocycles. The molecule has 0 saturated carbocycles. The van der Waals surface area contributed by atoms with Gasteiger partial charge in [-0.25, -0.2) is 8.42 Å². The Morgan fingerprint density at radius 3 is 1.76 bits per heavy atom. The van der Waals surface area contributed by atoms with Gasteiger partial charge in [-0.15, -0.1) is 0 Å². The minimum absolute atomic E-state index is 0.180. The minimum atomic E-state index is -3.71. The third-order valence-electron chi connectivity index (χ3n) is 5.33. The van der Waals surface area contributed by atoms with E-state index < -0.39 is 10.0 Å². The van der Waals surface area contributed by atoms with Crippen molar-refractivity contribution in [2.45, 2.75) is 17.9 Å². The molecule has 166 valence electrons. The average Bonchev–Trinajstić information content (AvgIpc) is 2.85. The van der Waals surface area contributed by atoms with Crippen LogP contribution in [0.2, 0.25) is 0 Å². The Hall–Kier alpha value is -3.90. The molecule has 0 saturated heterocycles. The van der Waals surface area contributed by atoms with Crippen LogP contribution < -0.4 is 10.0 Å². The number of hydrogen-bond acceptors (Lipinski definition) is 3. The molecule has 2 N–H and O–H groups in total. The fourth-order valence-corrected chi connectivity index (χ4v) is 4.74. The number of benzene rings is 4. The Balaban J connectivity index is 1.56. The Kier molecular flexibility index (Phi) is 6.56. The van der Waals surface area contributed by atoms with Crippen molar-refractivity contribution in [3.8, 4) is 0 Å². The van der Waals surface area contributed by atoms with Crippen LogP contribution in [0.1, 0.15) is 33.1 Å². The maximum absolute atomic E-state index is 13.1. The summed E-state index contributed by atoms with van der Waals surface area (Å²) in [5, 5.41) is 3.11. The molecule has 0 spiro atoms. The van der Waals surface area contributed by atoms with Crippen LogP contribution in [0.4, 0.5) is 5.69 Å². The average molecular weight is 457 g/mol. The number of carbonyl (C=O) groups excluding carboxylic acids is 1. The zero-order chi connectivity index (χ0) is 23.3. The molecule has 4 aromatic carbocycles. The maximum Gasteiger partial charge on any atom is 0.261 e. The number of amides is 1. The fourth-order valence-electron chi connectivity index (χ4n) is 3.59. The first kappa shape index (κ1) is 22.3. The molecule has 4 aromatic rings. The number of nitrogens with one attached hydrogen (secondary N) is 2. The predicted octanol–water partition coefficient (Wildman–Crippen LogP) is 5.32. The monoisotopic (exact) mass is 456 g/mol. The lowest BCUT2D eigenvalue weighted by molar-refractivity contribution is 0.0943. The molecular formula is C27H24N2O3S. The number of anilines is 1. The summed E-state index contributed by atoms with van der Waals surface area (Å²) in [5.41, 5.74) is 3.48. The SMILES string of the molecule is Cc1cc(C(=O)NC(c2ccccc2)c2ccccc2)ccc1NS(=O)(=O)c1ccccc1. The number of rotatable bonds is 7. The summed E-state index contributed by atoms with van der Waals surface area (Å²) in [6, 6.07) is 32.3. The van der Waals surface area contributed by atoms with Gasteiger partial charge in [0.05, 0.1) is 16.6 Å². The Bertz CT molecular complexity index is 1300. The van der Waals surface area contributed by atoms with Gasteiger partial charge >= 0.3 is 0 Å². The lowest BCUT2D eigenvalue weighted by atomic mass is 9.98. The molecule has 0 aliphatic heterocycles. The number of sulfonamides is 1. The van der Waals surface area contributed by atoms with E-state index in [9.17, 15) is 13.2 Å². The normalized spacial score (nSPS) is 11.2. The topological polar surface area (TPSA) is 75.3 Å². The van der Waals surface area contributed by atoms with E-state index in [2.05, 4.69) is 10.0 Å². The Morgan fingerprint density at radius 2 is 1.24 bits per heavy atom. The zero-order valence-corrected chi connectivity index (χ0v) is 18.9. The largest absolute Gasteiger partial charge is 0.341 e. The van der Waals surface area contributed by atoms with Gasteiger partial charge in [-0.05, 0) is 53.9 Å². The summed E-state index contributed by atoms with van der Waals surface area (Å²) in [5.74, 6) is -0.242. The highest BCUT2D eigenvalue weighted by atomic mass is 32.2. The number of hydrogen-bond donors (Lipinski definition) is 2. The van der Waals surface area contributed by atoms with Crippen molar-refractivity contribution in [1.82, 2.24) is 5.32 Å². The van der Waals surface area contributed by atoms with Crippen LogP contribution in [0.15, 0.2) is 114 Å². The van der Waals surface area contributed by atoms with Gasteiger partial charge in [0.1, 0.15) is 0 Å². The van der Waals surface area contributed by atoms with Crippen LogP contribution in [0.3, 0.4) is 0 Å².